The molecule has 96 valence electrons. The molecule has 0 atom stereocenters. The van der Waals surface area contributed by atoms with Crippen LogP contribution in [0.25, 0.3) is 0 Å². The third-order valence-electron chi connectivity index (χ3n) is 2.37. The first kappa shape index (κ1) is 14.8. The number of hydrogen-bond donors (Lipinski definition) is 1. The van der Waals surface area contributed by atoms with Crippen LogP contribution in [0.15, 0.2) is 8.68 Å². The van der Waals surface area contributed by atoms with Crippen LogP contribution in [0.5, 0.6) is 0 Å². The van der Waals surface area contributed by atoms with Gasteiger partial charge in [0.1, 0.15) is 6.61 Å². The SMILES string of the molecule is CCC(C)(C)C(=O)OCCSc1nnc(S)s1. The van der Waals surface area contributed by atoms with Crippen LogP contribution in [0, 0.1) is 5.41 Å². The predicted molar refractivity (Wildman–Crippen MR) is 72.9 cm³/mol. The molecule has 0 unspecified atom stereocenters. The number of aromatic nitrogens is 2. The van der Waals surface area contributed by atoms with Crippen molar-refractivity contribution in [1.29, 1.82) is 0 Å². The second-order valence-electron chi connectivity index (χ2n) is 4.07. The standard InChI is InChI=1S/C10H16N2O2S3/c1-4-10(2,3)7(13)14-5-6-16-9-12-11-8(15)17-9/h4-6H2,1-3H3,(H,11,15). The van der Waals surface area contributed by atoms with E-state index in [2.05, 4.69) is 22.8 Å². The third-order valence-corrected chi connectivity index (χ3v) is 4.56. The van der Waals surface area contributed by atoms with E-state index in [1.807, 2.05) is 20.8 Å². The molecule has 0 spiro atoms. The van der Waals surface area contributed by atoms with E-state index in [4.69, 9.17) is 4.74 Å². The van der Waals surface area contributed by atoms with Gasteiger partial charge in [-0.2, -0.15) is 0 Å². The highest BCUT2D eigenvalue weighted by molar-refractivity contribution is 8.01. The summed E-state index contributed by atoms with van der Waals surface area (Å²) in [7, 11) is 0. The molecule has 0 aliphatic carbocycles. The van der Waals surface area contributed by atoms with Crippen LogP contribution in [0.3, 0.4) is 0 Å². The smallest absolute Gasteiger partial charge is 0.311 e. The van der Waals surface area contributed by atoms with E-state index < -0.39 is 5.41 Å². The van der Waals surface area contributed by atoms with Crippen LogP contribution in [-0.2, 0) is 9.53 Å². The average molecular weight is 292 g/mol. The number of hydrogen-bond acceptors (Lipinski definition) is 7. The number of ether oxygens (including phenoxy) is 1. The van der Waals surface area contributed by atoms with Crippen LogP contribution in [-0.4, -0.2) is 28.5 Å². The summed E-state index contributed by atoms with van der Waals surface area (Å²) in [5, 5.41) is 7.70. The van der Waals surface area contributed by atoms with E-state index in [0.29, 0.717) is 16.7 Å². The first-order valence-electron chi connectivity index (χ1n) is 5.28. The minimum Gasteiger partial charge on any atom is -0.464 e. The molecule has 0 aromatic carbocycles. The van der Waals surface area contributed by atoms with Crippen molar-refractivity contribution in [2.24, 2.45) is 5.41 Å². The molecule has 0 aliphatic rings. The summed E-state index contributed by atoms with van der Waals surface area (Å²) in [6.45, 7) is 6.15. The van der Waals surface area contributed by atoms with Gasteiger partial charge in [0, 0.05) is 5.75 Å². The fourth-order valence-corrected chi connectivity index (χ4v) is 2.84. The van der Waals surface area contributed by atoms with Crippen molar-refractivity contribution in [3.63, 3.8) is 0 Å². The summed E-state index contributed by atoms with van der Waals surface area (Å²) in [6.07, 6.45) is 0.776. The fourth-order valence-electron chi connectivity index (χ4n) is 0.864. The number of carbonyl (C=O) groups is 1. The van der Waals surface area contributed by atoms with E-state index in [0.717, 1.165) is 10.8 Å². The van der Waals surface area contributed by atoms with Gasteiger partial charge in [0.2, 0.25) is 0 Å². The lowest BCUT2D eigenvalue weighted by Gasteiger charge is -2.19. The molecule has 1 aromatic rings. The maximum Gasteiger partial charge on any atom is 0.311 e. The van der Waals surface area contributed by atoms with Crippen molar-refractivity contribution in [2.75, 3.05) is 12.4 Å². The Kier molecular flexibility index (Phi) is 5.75. The van der Waals surface area contributed by atoms with Crippen LogP contribution in [0.4, 0.5) is 0 Å². The fraction of sp³-hybridized carbons (Fsp3) is 0.700. The predicted octanol–water partition coefficient (Wildman–Crippen LogP) is 2.90. The molecular formula is C10H16N2O2S3. The van der Waals surface area contributed by atoms with Crippen molar-refractivity contribution in [3.05, 3.63) is 0 Å². The lowest BCUT2D eigenvalue weighted by Crippen LogP contribution is -2.26. The molecule has 1 rings (SSSR count). The molecule has 1 aromatic heterocycles. The summed E-state index contributed by atoms with van der Waals surface area (Å²) < 4.78 is 6.70. The molecular weight excluding hydrogens is 276 g/mol. The van der Waals surface area contributed by atoms with Gasteiger partial charge in [-0.15, -0.1) is 22.8 Å². The zero-order valence-corrected chi connectivity index (χ0v) is 12.6. The van der Waals surface area contributed by atoms with Gasteiger partial charge in [-0.1, -0.05) is 30.0 Å². The van der Waals surface area contributed by atoms with Gasteiger partial charge < -0.3 is 4.74 Å². The van der Waals surface area contributed by atoms with E-state index in [1.54, 1.807) is 0 Å². The number of rotatable bonds is 6. The Hall–Kier alpha value is -0.270. The summed E-state index contributed by atoms with van der Waals surface area (Å²) in [4.78, 5) is 11.6. The van der Waals surface area contributed by atoms with Crippen LogP contribution in [0.1, 0.15) is 27.2 Å². The molecule has 4 nitrogen and oxygen atoms in total. The van der Waals surface area contributed by atoms with Crippen LogP contribution >= 0.6 is 35.7 Å². The second-order valence-corrected chi connectivity index (χ2v) is 7.12. The number of carbonyl (C=O) groups excluding carboxylic acids is 1. The van der Waals surface area contributed by atoms with Crippen molar-refractivity contribution in [1.82, 2.24) is 10.2 Å². The lowest BCUT2D eigenvalue weighted by molar-refractivity contribution is -0.153. The van der Waals surface area contributed by atoms with Gasteiger partial charge in [0.05, 0.1) is 5.41 Å². The molecule has 0 radical (unpaired) electrons. The molecule has 0 saturated carbocycles. The quantitative estimate of drug-likeness (QED) is 0.378. The molecule has 7 heteroatoms. The first-order chi connectivity index (χ1) is 7.95. The Labute approximate surface area is 115 Å². The van der Waals surface area contributed by atoms with E-state index in [-0.39, 0.29) is 5.97 Å². The zero-order chi connectivity index (χ0) is 12.9. The summed E-state index contributed by atoms with van der Waals surface area (Å²) >= 11 is 7.02. The van der Waals surface area contributed by atoms with E-state index in [9.17, 15) is 4.79 Å². The van der Waals surface area contributed by atoms with Gasteiger partial charge in [0.25, 0.3) is 0 Å². The second kappa shape index (κ2) is 6.61. The minimum absolute atomic E-state index is 0.146. The molecule has 0 bridgehead atoms. The summed E-state index contributed by atoms with van der Waals surface area (Å²) in [6, 6.07) is 0. The third kappa shape index (κ3) is 4.85. The van der Waals surface area contributed by atoms with Crippen molar-refractivity contribution < 1.29 is 9.53 Å². The van der Waals surface area contributed by atoms with E-state index in [1.165, 1.54) is 23.1 Å². The summed E-state index contributed by atoms with van der Waals surface area (Å²) in [5.41, 5.74) is -0.397. The van der Waals surface area contributed by atoms with Gasteiger partial charge in [-0.3, -0.25) is 4.79 Å². The van der Waals surface area contributed by atoms with E-state index >= 15 is 0 Å². The van der Waals surface area contributed by atoms with Crippen molar-refractivity contribution in [2.45, 2.75) is 35.9 Å². The Morgan fingerprint density at radius 1 is 1.53 bits per heavy atom. The van der Waals surface area contributed by atoms with Gasteiger partial charge in [0.15, 0.2) is 8.68 Å². The van der Waals surface area contributed by atoms with Gasteiger partial charge >= 0.3 is 5.97 Å². The van der Waals surface area contributed by atoms with Gasteiger partial charge in [-0.05, 0) is 20.3 Å². The molecule has 0 N–H and O–H groups in total. The maximum absolute atomic E-state index is 11.6. The molecule has 17 heavy (non-hydrogen) atoms. The number of esters is 1. The molecule has 0 aliphatic heterocycles. The highest BCUT2D eigenvalue weighted by Gasteiger charge is 2.26. The zero-order valence-electron chi connectivity index (χ0n) is 10.1. The Bertz CT molecular complexity index is 379. The first-order valence-corrected chi connectivity index (χ1v) is 7.53. The molecule has 1 heterocycles. The topological polar surface area (TPSA) is 52.1 Å². The number of nitrogens with zero attached hydrogens (tertiary/aromatic N) is 2. The van der Waals surface area contributed by atoms with Gasteiger partial charge in [-0.25, -0.2) is 0 Å². The molecule has 0 saturated heterocycles. The largest absolute Gasteiger partial charge is 0.464 e. The minimum atomic E-state index is -0.397. The molecule has 0 fully saturated rings. The van der Waals surface area contributed by atoms with Crippen LogP contribution in [0.2, 0.25) is 0 Å². The lowest BCUT2D eigenvalue weighted by atomic mass is 9.91. The Morgan fingerprint density at radius 3 is 2.76 bits per heavy atom. The normalized spacial score (nSPS) is 11.5. The number of thiol groups is 1. The summed E-state index contributed by atoms with van der Waals surface area (Å²) in [5.74, 6) is 0.543. The highest BCUT2D eigenvalue weighted by Crippen LogP contribution is 2.25. The van der Waals surface area contributed by atoms with Crippen molar-refractivity contribution in [3.8, 4) is 0 Å². The van der Waals surface area contributed by atoms with Crippen molar-refractivity contribution >= 4 is 41.7 Å². The maximum atomic E-state index is 11.6. The highest BCUT2D eigenvalue weighted by atomic mass is 32.2. The van der Waals surface area contributed by atoms with Crippen LogP contribution < -0.4 is 0 Å². The number of thioether (sulfide) groups is 1. The Balaban J connectivity index is 2.23. The molecule has 0 amide bonds. The Morgan fingerprint density at radius 2 is 2.24 bits per heavy atom. The average Bonchev–Trinajstić information content (AvgIpc) is 2.70. The monoisotopic (exact) mass is 292 g/mol.